The minimum atomic E-state index is -0.984. The Morgan fingerprint density at radius 1 is 1.02 bits per heavy atom. The standard InChI is InChI=1S/C28H35N6O5P/c1-2-3-18-39-28(37)34-16-14-33(15-17-34)27(36)22(11-19-40-38)30-26(35)23-20-24(32-12-7-8-13-32)31-25(29-23)21-9-5-4-6-10-21/h4-6,9-10,20,22H,2-3,7-8,11-18H2,1H3,(H,30,35)/t22-/m0/s1. The third kappa shape index (κ3) is 7.71. The van der Waals surface area contributed by atoms with Crippen LogP contribution >= 0.6 is 7.92 Å². The van der Waals surface area contributed by atoms with E-state index in [4.69, 9.17) is 9.72 Å². The number of ether oxygens (including phenoxy) is 1. The maximum absolute atomic E-state index is 13.5. The van der Waals surface area contributed by atoms with Crippen molar-refractivity contribution < 1.29 is 23.7 Å². The Morgan fingerprint density at radius 2 is 1.73 bits per heavy atom. The van der Waals surface area contributed by atoms with Crippen LogP contribution in [0.3, 0.4) is 0 Å². The molecule has 2 aliphatic rings. The Bertz CT molecular complexity index is 1290. The van der Waals surface area contributed by atoms with Crippen molar-refractivity contribution in [2.24, 2.45) is 0 Å². The first-order chi connectivity index (χ1) is 19.5. The first kappa shape index (κ1) is 29.3. The molecule has 2 saturated heterocycles. The molecule has 4 rings (SSSR count). The Morgan fingerprint density at radius 3 is 2.40 bits per heavy atom. The molecule has 0 saturated carbocycles. The van der Waals surface area contributed by atoms with Gasteiger partial charge in [0.25, 0.3) is 0 Å². The SMILES string of the molecule is CCCCOC(=O)N1CCN(C(=O)[C@H](CC#P=O)NC(=O)c2cc(N3CCCC3)nc(-c3ccccc3)n2)CC1. The predicted octanol–water partition coefficient (Wildman–Crippen LogP) is 3.56. The molecule has 0 aliphatic carbocycles. The van der Waals surface area contributed by atoms with E-state index in [1.54, 1.807) is 15.9 Å². The number of hydrogen-bond donors (Lipinski definition) is 1. The molecular formula is C28H35N6O5P. The third-order valence-electron chi connectivity index (χ3n) is 6.94. The van der Waals surface area contributed by atoms with Crippen LogP contribution in [0.15, 0.2) is 36.4 Å². The average molecular weight is 567 g/mol. The van der Waals surface area contributed by atoms with Gasteiger partial charge in [-0.05, 0) is 0 Å². The van der Waals surface area contributed by atoms with Crippen LogP contribution < -0.4 is 10.2 Å². The second-order valence-electron chi connectivity index (χ2n) is 9.76. The molecular weight excluding hydrogens is 531 g/mol. The summed E-state index contributed by atoms with van der Waals surface area (Å²) in [6, 6.07) is 10.1. The molecule has 3 heterocycles. The molecule has 1 aromatic carbocycles. The van der Waals surface area contributed by atoms with Gasteiger partial charge >= 0.3 is 222 Å². The van der Waals surface area contributed by atoms with Crippen molar-refractivity contribution in [1.82, 2.24) is 25.1 Å². The molecule has 3 amide bonds. The van der Waals surface area contributed by atoms with Crippen molar-refractivity contribution in [3.63, 3.8) is 0 Å². The van der Waals surface area contributed by atoms with Crippen molar-refractivity contribution >= 4 is 31.6 Å². The number of unbranched alkanes of at least 4 members (excludes halogenated alkanes) is 1. The van der Waals surface area contributed by atoms with E-state index in [-0.39, 0.29) is 32.0 Å². The van der Waals surface area contributed by atoms with E-state index < -0.39 is 11.9 Å². The number of piperazine rings is 1. The molecule has 2 aliphatic heterocycles. The quantitative estimate of drug-likeness (QED) is 0.361. The van der Waals surface area contributed by atoms with Crippen molar-refractivity contribution in [3.8, 4) is 17.0 Å². The number of amides is 3. The van der Waals surface area contributed by atoms with Gasteiger partial charge < -0.3 is 0 Å². The molecule has 2 aromatic rings. The molecule has 0 bridgehead atoms. The summed E-state index contributed by atoms with van der Waals surface area (Å²) in [5.74, 6) is 0.232. The van der Waals surface area contributed by atoms with Crippen LogP contribution in [-0.4, -0.2) is 89.6 Å². The number of anilines is 1. The minimum absolute atomic E-state index is 0.0372. The summed E-state index contributed by atoms with van der Waals surface area (Å²) in [6.07, 6.45) is 3.41. The molecule has 212 valence electrons. The molecule has 1 atom stereocenters. The van der Waals surface area contributed by atoms with Crippen molar-refractivity contribution in [2.75, 3.05) is 50.8 Å². The zero-order valence-corrected chi connectivity index (χ0v) is 23.6. The van der Waals surface area contributed by atoms with E-state index >= 15 is 0 Å². The Hall–Kier alpha value is -3.68. The summed E-state index contributed by atoms with van der Waals surface area (Å²) in [7, 11) is -0.355. The van der Waals surface area contributed by atoms with Gasteiger partial charge in [0.15, 0.2) is 0 Å². The molecule has 0 spiro atoms. The first-order valence-corrected chi connectivity index (χ1v) is 14.6. The zero-order chi connectivity index (χ0) is 28.3. The first-order valence-electron chi connectivity index (χ1n) is 13.8. The topological polar surface area (TPSA) is 125 Å². The maximum atomic E-state index is 13.5. The van der Waals surface area contributed by atoms with Gasteiger partial charge in [-0.1, -0.05) is 13.3 Å². The molecule has 40 heavy (non-hydrogen) atoms. The Balaban J connectivity index is 1.48. The molecule has 12 heteroatoms. The van der Waals surface area contributed by atoms with E-state index in [0.29, 0.717) is 44.4 Å². The van der Waals surface area contributed by atoms with E-state index in [9.17, 15) is 18.9 Å². The van der Waals surface area contributed by atoms with E-state index in [0.717, 1.165) is 44.3 Å². The average Bonchev–Trinajstić information content (AvgIpc) is 3.54. The Kier molecular flexibility index (Phi) is 10.7. The fourth-order valence-corrected chi connectivity index (χ4v) is 4.92. The third-order valence-corrected chi connectivity index (χ3v) is 7.26. The number of nitrogens with zero attached hydrogens (tertiary/aromatic N) is 5. The van der Waals surface area contributed by atoms with Gasteiger partial charge in [-0.3, -0.25) is 0 Å². The van der Waals surface area contributed by atoms with Gasteiger partial charge in [0.2, 0.25) is 0 Å². The van der Waals surface area contributed by atoms with Crippen LogP contribution in [-0.2, 0) is 14.1 Å². The van der Waals surface area contributed by atoms with E-state index in [2.05, 4.69) is 20.8 Å². The summed E-state index contributed by atoms with van der Waals surface area (Å²) in [5, 5.41) is 2.78. The van der Waals surface area contributed by atoms with Crippen molar-refractivity contribution in [1.29, 1.82) is 0 Å². The molecule has 1 N–H and O–H groups in total. The van der Waals surface area contributed by atoms with Crippen molar-refractivity contribution in [3.05, 3.63) is 42.1 Å². The normalized spacial score (nSPS) is 15.8. The number of carbonyl (C=O) groups excluding carboxylic acids is 3. The van der Waals surface area contributed by atoms with Crippen LogP contribution in [0.4, 0.5) is 10.6 Å². The predicted molar refractivity (Wildman–Crippen MR) is 151 cm³/mol. The Labute approximate surface area is 235 Å². The zero-order valence-electron chi connectivity index (χ0n) is 22.8. The van der Waals surface area contributed by atoms with Crippen LogP contribution in [0.1, 0.15) is 49.5 Å². The van der Waals surface area contributed by atoms with Crippen LogP contribution in [0.2, 0.25) is 0 Å². The number of rotatable bonds is 9. The number of nitrogens with one attached hydrogen (secondary N) is 1. The van der Waals surface area contributed by atoms with Crippen LogP contribution in [0.5, 0.6) is 0 Å². The van der Waals surface area contributed by atoms with Gasteiger partial charge in [0.1, 0.15) is 0 Å². The number of aromatic nitrogens is 2. The summed E-state index contributed by atoms with van der Waals surface area (Å²) >= 11 is 0. The summed E-state index contributed by atoms with van der Waals surface area (Å²) < 4.78 is 16.4. The molecule has 0 unspecified atom stereocenters. The number of benzene rings is 1. The summed E-state index contributed by atoms with van der Waals surface area (Å²) in [6.45, 7) is 5.34. The second kappa shape index (κ2) is 14.6. The fourth-order valence-electron chi connectivity index (χ4n) is 4.66. The fraction of sp³-hybridized carbons (Fsp3) is 0.500. The van der Waals surface area contributed by atoms with E-state index in [1.165, 1.54) is 0 Å². The summed E-state index contributed by atoms with van der Waals surface area (Å²) in [4.78, 5) is 53.7. The van der Waals surface area contributed by atoms with Gasteiger partial charge in [0.05, 0.1) is 0 Å². The van der Waals surface area contributed by atoms with Gasteiger partial charge in [-0.2, -0.15) is 0 Å². The van der Waals surface area contributed by atoms with Crippen LogP contribution in [0.25, 0.3) is 11.4 Å². The van der Waals surface area contributed by atoms with Gasteiger partial charge in [0, 0.05) is 0 Å². The number of hydrogen-bond acceptors (Lipinski definition) is 8. The number of carbonyl (C=O) groups is 3. The van der Waals surface area contributed by atoms with Crippen molar-refractivity contribution in [2.45, 2.75) is 45.1 Å². The van der Waals surface area contributed by atoms with Crippen LogP contribution in [0, 0.1) is 5.63 Å². The van der Waals surface area contributed by atoms with Gasteiger partial charge in [-0.25, -0.2) is 0 Å². The van der Waals surface area contributed by atoms with Gasteiger partial charge in [-0.15, -0.1) is 0 Å². The molecule has 0 radical (unpaired) electrons. The monoisotopic (exact) mass is 566 g/mol. The molecule has 1 aromatic heterocycles. The molecule has 2 fully saturated rings. The molecule has 11 nitrogen and oxygen atoms in total. The second-order valence-corrected chi connectivity index (χ2v) is 10.3. The summed E-state index contributed by atoms with van der Waals surface area (Å²) in [5.41, 5.74) is 3.53. The van der Waals surface area contributed by atoms with E-state index in [1.807, 2.05) is 37.3 Å².